The Morgan fingerprint density at radius 1 is 1.11 bits per heavy atom. The summed E-state index contributed by atoms with van der Waals surface area (Å²) < 4.78 is 1.17. The van der Waals surface area contributed by atoms with Gasteiger partial charge in [0.25, 0.3) is 0 Å². The molecule has 96 valence electrons. The van der Waals surface area contributed by atoms with E-state index < -0.39 is 0 Å². The second kappa shape index (κ2) is 6.00. The summed E-state index contributed by atoms with van der Waals surface area (Å²) in [5.41, 5.74) is 8.84. The van der Waals surface area contributed by atoms with Crippen molar-refractivity contribution < 1.29 is 0 Å². The number of hydrogen-bond acceptors (Lipinski definition) is 2. The molecule has 2 aromatic rings. The Hall–Kier alpha value is -0.640. The molecule has 2 N–H and O–H groups in total. The molecule has 0 aliphatic heterocycles. The third-order valence-electron chi connectivity index (χ3n) is 3.13. The van der Waals surface area contributed by atoms with Gasteiger partial charge in [-0.1, -0.05) is 38.1 Å². The Balaban J connectivity index is 2.09. The van der Waals surface area contributed by atoms with Crippen molar-refractivity contribution in [2.75, 3.05) is 0 Å². The van der Waals surface area contributed by atoms with Gasteiger partial charge in [-0.05, 0) is 44.4 Å². The molecule has 0 radical (unpaired) electrons. The third-order valence-corrected chi connectivity index (χ3v) is 5.08. The minimum atomic E-state index is 0.0705. The van der Waals surface area contributed by atoms with E-state index in [1.165, 1.54) is 20.5 Å². The summed E-state index contributed by atoms with van der Waals surface area (Å²) >= 11 is 5.31. The van der Waals surface area contributed by atoms with Gasteiger partial charge in [0.1, 0.15) is 0 Å². The van der Waals surface area contributed by atoms with Gasteiger partial charge in [0, 0.05) is 21.8 Å². The highest BCUT2D eigenvalue weighted by atomic mass is 79.9. The summed E-state index contributed by atoms with van der Waals surface area (Å²) in [6, 6.07) is 10.8. The highest BCUT2D eigenvalue weighted by molar-refractivity contribution is 9.10. The second-order valence-corrected chi connectivity index (χ2v) is 6.68. The average Bonchev–Trinajstić information content (AvgIpc) is 2.75. The molecule has 0 saturated heterocycles. The molecule has 0 fully saturated rings. The maximum absolute atomic E-state index is 6.27. The van der Waals surface area contributed by atoms with E-state index in [9.17, 15) is 0 Å². The van der Waals surface area contributed by atoms with Gasteiger partial charge in [0.2, 0.25) is 0 Å². The molecule has 0 spiro atoms. The zero-order valence-corrected chi connectivity index (χ0v) is 13.1. The Labute approximate surface area is 121 Å². The minimum Gasteiger partial charge on any atom is -0.324 e. The molecule has 0 aliphatic carbocycles. The maximum Gasteiger partial charge on any atom is 0.0344 e. The number of hydrogen-bond donors (Lipinski definition) is 1. The molecular formula is C15H18BrNS. The molecule has 0 amide bonds. The normalized spacial score (nSPS) is 12.9. The zero-order valence-electron chi connectivity index (χ0n) is 10.7. The molecule has 3 heteroatoms. The van der Waals surface area contributed by atoms with E-state index in [0.29, 0.717) is 5.92 Å². The lowest BCUT2D eigenvalue weighted by Crippen LogP contribution is -2.12. The van der Waals surface area contributed by atoms with E-state index in [1.54, 1.807) is 11.3 Å². The number of nitrogens with two attached hydrogens (primary N) is 1. The van der Waals surface area contributed by atoms with Gasteiger partial charge in [0.05, 0.1) is 0 Å². The van der Waals surface area contributed by atoms with Crippen LogP contribution in [0.15, 0.2) is 40.2 Å². The monoisotopic (exact) mass is 323 g/mol. The minimum absolute atomic E-state index is 0.0705. The third kappa shape index (κ3) is 3.22. The van der Waals surface area contributed by atoms with E-state index in [2.05, 4.69) is 65.5 Å². The van der Waals surface area contributed by atoms with Crippen molar-refractivity contribution in [2.24, 2.45) is 5.73 Å². The van der Waals surface area contributed by atoms with E-state index in [-0.39, 0.29) is 6.04 Å². The fourth-order valence-electron chi connectivity index (χ4n) is 1.92. The summed E-state index contributed by atoms with van der Waals surface area (Å²) in [7, 11) is 0. The van der Waals surface area contributed by atoms with Crippen LogP contribution >= 0.6 is 27.3 Å². The summed E-state index contributed by atoms with van der Waals surface area (Å²) in [6.07, 6.45) is 0.888. The first-order valence-corrected chi connectivity index (χ1v) is 7.82. The number of thiophene rings is 1. The Bertz CT molecular complexity index is 501. The Morgan fingerprint density at radius 3 is 2.22 bits per heavy atom. The van der Waals surface area contributed by atoms with Gasteiger partial charge in [-0.25, -0.2) is 0 Å². The lowest BCUT2D eigenvalue weighted by atomic mass is 9.98. The fraction of sp³-hybridized carbons (Fsp3) is 0.333. The molecule has 2 rings (SSSR count). The van der Waals surface area contributed by atoms with E-state index >= 15 is 0 Å². The first-order valence-electron chi connectivity index (χ1n) is 6.15. The number of rotatable bonds is 4. The molecule has 1 nitrogen and oxygen atoms in total. The lowest BCUT2D eigenvalue weighted by Gasteiger charge is -2.13. The zero-order chi connectivity index (χ0) is 13.1. The average molecular weight is 324 g/mol. The molecular weight excluding hydrogens is 306 g/mol. The Kier molecular flexibility index (Phi) is 4.60. The van der Waals surface area contributed by atoms with Gasteiger partial charge in [-0.3, -0.25) is 0 Å². The molecule has 0 bridgehead atoms. The van der Waals surface area contributed by atoms with Crippen molar-refractivity contribution in [3.63, 3.8) is 0 Å². The van der Waals surface area contributed by atoms with E-state index in [1.807, 2.05) is 0 Å². The van der Waals surface area contributed by atoms with Crippen molar-refractivity contribution >= 4 is 27.3 Å². The summed E-state index contributed by atoms with van der Waals surface area (Å²) in [6.45, 7) is 4.41. The topological polar surface area (TPSA) is 26.0 Å². The van der Waals surface area contributed by atoms with Crippen molar-refractivity contribution in [1.29, 1.82) is 0 Å². The quantitative estimate of drug-likeness (QED) is 0.852. The van der Waals surface area contributed by atoms with E-state index in [4.69, 9.17) is 5.73 Å². The van der Waals surface area contributed by atoms with Gasteiger partial charge in [0.15, 0.2) is 0 Å². The molecule has 1 heterocycles. The van der Waals surface area contributed by atoms with Crippen LogP contribution in [0.25, 0.3) is 0 Å². The standard InChI is InChI=1S/C15H18BrNS/c1-10(2)11-3-5-12(6-4-11)14(17)9-15-13(16)7-8-18-15/h3-8,10,14H,9,17H2,1-2H3. The van der Waals surface area contributed by atoms with Crippen molar-refractivity contribution in [3.05, 3.63) is 56.2 Å². The van der Waals surface area contributed by atoms with Crippen molar-refractivity contribution in [2.45, 2.75) is 32.2 Å². The maximum atomic E-state index is 6.27. The van der Waals surface area contributed by atoms with Crippen LogP contribution in [0.1, 0.15) is 41.8 Å². The van der Waals surface area contributed by atoms with Gasteiger partial charge in [-0.2, -0.15) is 0 Å². The van der Waals surface area contributed by atoms with Gasteiger partial charge < -0.3 is 5.73 Å². The van der Waals surface area contributed by atoms with Crippen LogP contribution in [0.2, 0.25) is 0 Å². The first kappa shape index (κ1) is 13.8. The molecule has 1 aromatic heterocycles. The lowest BCUT2D eigenvalue weighted by molar-refractivity contribution is 0.727. The summed E-state index contributed by atoms with van der Waals surface area (Å²) in [4.78, 5) is 1.32. The predicted molar refractivity (Wildman–Crippen MR) is 83.2 cm³/mol. The molecule has 18 heavy (non-hydrogen) atoms. The Morgan fingerprint density at radius 2 is 1.72 bits per heavy atom. The number of benzene rings is 1. The van der Waals surface area contributed by atoms with Gasteiger partial charge >= 0.3 is 0 Å². The highest BCUT2D eigenvalue weighted by Gasteiger charge is 2.10. The SMILES string of the molecule is CC(C)c1ccc(C(N)Cc2sccc2Br)cc1. The smallest absolute Gasteiger partial charge is 0.0344 e. The van der Waals surface area contributed by atoms with Crippen molar-refractivity contribution in [1.82, 2.24) is 0 Å². The van der Waals surface area contributed by atoms with Crippen LogP contribution in [0.3, 0.4) is 0 Å². The predicted octanol–water partition coefficient (Wildman–Crippen LogP) is 4.88. The largest absolute Gasteiger partial charge is 0.324 e. The first-order chi connectivity index (χ1) is 8.58. The van der Waals surface area contributed by atoms with Crippen LogP contribution in [0.5, 0.6) is 0 Å². The number of halogens is 1. The van der Waals surface area contributed by atoms with Crippen molar-refractivity contribution in [3.8, 4) is 0 Å². The highest BCUT2D eigenvalue weighted by Crippen LogP contribution is 2.27. The van der Waals surface area contributed by atoms with Crippen LogP contribution < -0.4 is 5.73 Å². The second-order valence-electron chi connectivity index (χ2n) is 4.82. The fourth-order valence-corrected chi connectivity index (χ4v) is 3.49. The molecule has 0 aliphatic rings. The van der Waals surface area contributed by atoms with Crippen LogP contribution in [0.4, 0.5) is 0 Å². The summed E-state index contributed by atoms with van der Waals surface area (Å²) in [5, 5.41) is 2.09. The molecule has 1 atom stereocenters. The van der Waals surface area contributed by atoms with Crippen LogP contribution in [-0.4, -0.2) is 0 Å². The van der Waals surface area contributed by atoms with E-state index in [0.717, 1.165) is 6.42 Å². The summed E-state index contributed by atoms with van der Waals surface area (Å²) in [5.74, 6) is 0.571. The van der Waals surface area contributed by atoms with Gasteiger partial charge in [-0.15, -0.1) is 11.3 Å². The molecule has 0 saturated carbocycles. The molecule has 1 unspecified atom stereocenters. The van der Waals surface area contributed by atoms with Crippen LogP contribution in [0, 0.1) is 0 Å². The molecule has 1 aromatic carbocycles. The van der Waals surface area contributed by atoms with Crippen LogP contribution in [-0.2, 0) is 6.42 Å².